The van der Waals surface area contributed by atoms with Gasteiger partial charge in [-0.15, -0.1) is 0 Å². The average molecular weight is 372 g/mol. The Bertz CT molecular complexity index is 626. The van der Waals surface area contributed by atoms with Crippen LogP contribution in [-0.2, 0) is 14.3 Å². The molecule has 0 unspecified atom stereocenters. The summed E-state index contributed by atoms with van der Waals surface area (Å²) >= 11 is 0. The molecule has 0 heterocycles. The second-order valence-corrected chi connectivity index (χ2v) is 7.66. The Hall–Kier alpha value is -2.10. The predicted octanol–water partition coefficient (Wildman–Crippen LogP) is 4.94. The lowest BCUT2D eigenvalue weighted by Gasteiger charge is -2.30. The van der Waals surface area contributed by atoms with E-state index in [4.69, 9.17) is 4.74 Å². The van der Waals surface area contributed by atoms with E-state index >= 15 is 0 Å². The van der Waals surface area contributed by atoms with Gasteiger partial charge in [-0.3, -0.25) is 9.59 Å². The van der Waals surface area contributed by atoms with Crippen LogP contribution in [0.4, 0.5) is 0 Å². The third-order valence-corrected chi connectivity index (χ3v) is 5.35. The largest absolute Gasteiger partial charge is 0.469 e. The van der Waals surface area contributed by atoms with Crippen molar-refractivity contribution in [3.63, 3.8) is 0 Å². The van der Waals surface area contributed by atoms with Gasteiger partial charge in [0.2, 0.25) is 5.91 Å². The molecule has 1 amide bonds. The first kappa shape index (κ1) is 21.2. The molecule has 1 aliphatic rings. The first-order valence-electron chi connectivity index (χ1n) is 10.2. The first-order chi connectivity index (χ1) is 13.0. The molecule has 0 radical (unpaired) electrons. The first-order valence-corrected chi connectivity index (χ1v) is 10.2. The molecule has 0 N–H and O–H groups in total. The molecule has 0 aliphatic heterocycles. The highest BCUT2D eigenvalue weighted by molar-refractivity contribution is 5.92. The summed E-state index contributed by atoms with van der Waals surface area (Å²) in [5.74, 6) is 0.210. The minimum atomic E-state index is -0.269. The van der Waals surface area contributed by atoms with Gasteiger partial charge in [-0.25, -0.2) is 0 Å². The van der Waals surface area contributed by atoms with Gasteiger partial charge in [0, 0.05) is 18.7 Å². The summed E-state index contributed by atoms with van der Waals surface area (Å²) < 4.78 is 4.76. The molecule has 0 aromatic heterocycles. The lowest BCUT2D eigenvalue weighted by molar-refractivity contribution is -0.141. The van der Waals surface area contributed by atoms with Crippen molar-refractivity contribution in [3.05, 3.63) is 41.5 Å². The van der Waals surface area contributed by atoms with E-state index in [0.29, 0.717) is 12.5 Å². The van der Waals surface area contributed by atoms with Crippen LogP contribution in [0.5, 0.6) is 0 Å². The van der Waals surface area contributed by atoms with Gasteiger partial charge >= 0.3 is 5.97 Å². The molecule has 1 aromatic rings. The zero-order valence-electron chi connectivity index (χ0n) is 16.9. The summed E-state index contributed by atoms with van der Waals surface area (Å²) in [6.07, 6.45) is 10.5. The van der Waals surface area contributed by atoms with Crippen LogP contribution < -0.4 is 0 Å². The van der Waals surface area contributed by atoms with E-state index in [1.807, 2.05) is 23.1 Å². The fourth-order valence-corrected chi connectivity index (χ4v) is 3.61. The highest BCUT2D eigenvalue weighted by Crippen LogP contribution is 2.23. The Morgan fingerprint density at radius 1 is 1.11 bits per heavy atom. The molecule has 0 spiro atoms. The minimum Gasteiger partial charge on any atom is -0.469 e. The minimum absolute atomic E-state index is 0.0151. The number of hydrogen-bond acceptors (Lipinski definition) is 3. The van der Waals surface area contributed by atoms with E-state index in [9.17, 15) is 9.59 Å². The van der Waals surface area contributed by atoms with Crippen LogP contribution in [0.1, 0.15) is 75.8 Å². The van der Waals surface area contributed by atoms with E-state index < -0.39 is 0 Å². The molecule has 2 rings (SSSR count). The van der Waals surface area contributed by atoms with E-state index in [0.717, 1.165) is 31.2 Å². The monoisotopic (exact) mass is 371 g/mol. The van der Waals surface area contributed by atoms with Crippen molar-refractivity contribution in [2.75, 3.05) is 13.7 Å². The Labute approximate surface area is 163 Å². The quantitative estimate of drug-likeness (QED) is 0.387. The van der Waals surface area contributed by atoms with Crippen LogP contribution in [0.15, 0.2) is 30.3 Å². The molecular formula is C23H33NO3. The summed E-state index contributed by atoms with van der Waals surface area (Å²) in [6.45, 7) is 4.76. The van der Waals surface area contributed by atoms with Gasteiger partial charge in [0.1, 0.15) is 0 Å². The molecule has 0 saturated heterocycles. The van der Waals surface area contributed by atoms with E-state index in [2.05, 4.69) is 26.0 Å². The Balaban J connectivity index is 2.07. The Morgan fingerprint density at radius 3 is 2.30 bits per heavy atom. The van der Waals surface area contributed by atoms with Crippen LogP contribution in [0.2, 0.25) is 0 Å². The van der Waals surface area contributed by atoms with E-state index in [-0.39, 0.29) is 24.3 Å². The third kappa shape index (κ3) is 6.85. The van der Waals surface area contributed by atoms with Crippen LogP contribution in [-0.4, -0.2) is 36.5 Å². The molecule has 0 atom stereocenters. The van der Waals surface area contributed by atoms with Crippen molar-refractivity contribution in [1.29, 1.82) is 0 Å². The molecule has 4 heteroatoms. The molecule has 4 nitrogen and oxygen atoms in total. The zero-order chi connectivity index (χ0) is 19.6. The van der Waals surface area contributed by atoms with Crippen LogP contribution in [0, 0.1) is 0 Å². The van der Waals surface area contributed by atoms with Crippen molar-refractivity contribution >= 4 is 18.0 Å². The van der Waals surface area contributed by atoms with Crippen LogP contribution in [0.3, 0.4) is 0 Å². The van der Waals surface area contributed by atoms with Gasteiger partial charge in [-0.1, -0.05) is 63.8 Å². The second kappa shape index (κ2) is 10.9. The Kier molecular flexibility index (Phi) is 8.56. The number of nitrogens with zero attached hydrogens (tertiary/aromatic N) is 1. The zero-order valence-corrected chi connectivity index (χ0v) is 16.9. The van der Waals surface area contributed by atoms with Crippen molar-refractivity contribution in [2.24, 2.45) is 0 Å². The smallest absolute Gasteiger partial charge is 0.307 e. The van der Waals surface area contributed by atoms with Crippen molar-refractivity contribution in [3.8, 4) is 0 Å². The molecule has 0 bridgehead atoms. The number of carbonyl (C=O) groups excluding carboxylic acids is 2. The topological polar surface area (TPSA) is 46.6 Å². The third-order valence-electron chi connectivity index (χ3n) is 5.35. The molecule has 1 fully saturated rings. The number of amides is 1. The van der Waals surface area contributed by atoms with Crippen LogP contribution >= 0.6 is 0 Å². The standard InChI is InChI=1S/C23H33NO3/c1-18(2)20-13-10-19(11-14-20)12-15-22(25)24(17-16-23(26)27-3)21-8-6-4-5-7-9-21/h10-15,18,21H,4-9,16-17H2,1-3H3/b15-12+. The van der Waals surface area contributed by atoms with E-state index in [1.54, 1.807) is 6.08 Å². The number of esters is 1. The second-order valence-electron chi connectivity index (χ2n) is 7.66. The maximum atomic E-state index is 12.9. The number of carbonyl (C=O) groups is 2. The summed E-state index contributed by atoms with van der Waals surface area (Å²) in [5.41, 5.74) is 2.30. The van der Waals surface area contributed by atoms with Gasteiger partial charge in [-0.2, -0.15) is 0 Å². The van der Waals surface area contributed by atoms with Gasteiger partial charge in [0.15, 0.2) is 0 Å². The van der Waals surface area contributed by atoms with Crippen molar-refractivity contribution in [2.45, 2.75) is 70.8 Å². The maximum Gasteiger partial charge on any atom is 0.307 e. The molecule has 1 aromatic carbocycles. The fourth-order valence-electron chi connectivity index (χ4n) is 3.61. The lowest BCUT2D eigenvalue weighted by atomic mass is 10.0. The molecule has 1 saturated carbocycles. The average Bonchev–Trinajstić information content (AvgIpc) is 2.96. The predicted molar refractivity (Wildman–Crippen MR) is 109 cm³/mol. The molecule has 148 valence electrons. The summed E-state index contributed by atoms with van der Waals surface area (Å²) in [6, 6.07) is 8.52. The highest BCUT2D eigenvalue weighted by Gasteiger charge is 2.23. The molecule has 27 heavy (non-hydrogen) atoms. The summed E-state index contributed by atoms with van der Waals surface area (Å²) in [7, 11) is 1.39. The van der Waals surface area contributed by atoms with Gasteiger partial charge in [-0.05, 0) is 36.0 Å². The maximum absolute atomic E-state index is 12.9. The number of methoxy groups -OCH3 is 1. The van der Waals surface area contributed by atoms with Gasteiger partial charge in [0.05, 0.1) is 13.5 Å². The molecular weight excluding hydrogens is 338 g/mol. The number of ether oxygens (including phenoxy) is 1. The summed E-state index contributed by atoms with van der Waals surface area (Å²) in [4.78, 5) is 26.3. The highest BCUT2D eigenvalue weighted by atomic mass is 16.5. The fraction of sp³-hybridized carbons (Fsp3) is 0.565. The van der Waals surface area contributed by atoms with Crippen molar-refractivity contribution < 1.29 is 14.3 Å². The number of benzene rings is 1. The van der Waals surface area contributed by atoms with E-state index in [1.165, 1.54) is 25.5 Å². The van der Waals surface area contributed by atoms with Crippen LogP contribution in [0.25, 0.3) is 6.08 Å². The number of rotatable bonds is 7. The van der Waals surface area contributed by atoms with Gasteiger partial charge < -0.3 is 9.64 Å². The Morgan fingerprint density at radius 2 is 1.74 bits per heavy atom. The normalized spacial score (nSPS) is 15.7. The number of hydrogen-bond donors (Lipinski definition) is 0. The SMILES string of the molecule is COC(=O)CCN(C(=O)/C=C/c1ccc(C(C)C)cc1)C1CCCCCC1. The van der Waals surface area contributed by atoms with Crippen molar-refractivity contribution in [1.82, 2.24) is 4.90 Å². The molecule has 1 aliphatic carbocycles. The summed E-state index contributed by atoms with van der Waals surface area (Å²) in [5, 5.41) is 0. The lowest BCUT2D eigenvalue weighted by Crippen LogP contribution is -2.40. The van der Waals surface area contributed by atoms with Gasteiger partial charge in [0.25, 0.3) is 0 Å².